The van der Waals surface area contributed by atoms with Gasteiger partial charge in [0.2, 0.25) is 5.89 Å². The van der Waals surface area contributed by atoms with E-state index in [-0.39, 0.29) is 0 Å². The molecule has 1 aliphatic rings. The lowest BCUT2D eigenvalue weighted by molar-refractivity contribution is 0.111. The average Bonchev–Trinajstić information content (AvgIpc) is 2.86. The molecule has 6 nitrogen and oxygen atoms in total. The molecule has 0 amide bonds. The summed E-state index contributed by atoms with van der Waals surface area (Å²) in [5.74, 6) is 1.37. The number of likely N-dealkylation sites (N-methyl/N-ethyl adjacent to an activating group) is 2. The van der Waals surface area contributed by atoms with Crippen molar-refractivity contribution in [1.29, 1.82) is 0 Å². The standard InChI is InChI=1S/C12H22N4O2/c1-9-13-12(14-18-9)8-15(2)6-10-5-11(17-4)7-16(10)3/h10-11H,5-8H2,1-4H3/t10-,11-/m0/s1. The van der Waals surface area contributed by atoms with E-state index in [1.165, 1.54) is 0 Å². The maximum Gasteiger partial charge on any atom is 0.223 e. The Kier molecular flexibility index (Phi) is 4.31. The number of nitrogens with zero attached hydrogens (tertiary/aromatic N) is 4. The first-order chi connectivity index (χ1) is 8.58. The Morgan fingerprint density at radius 1 is 1.56 bits per heavy atom. The van der Waals surface area contributed by atoms with Crippen LogP contribution in [0.2, 0.25) is 0 Å². The zero-order chi connectivity index (χ0) is 13.1. The molecule has 18 heavy (non-hydrogen) atoms. The number of methoxy groups -OCH3 is 1. The highest BCUT2D eigenvalue weighted by molar-refractivity contribution is 4.88. The number of aryl methyl sites for hydroxylation is 1. The van der Waals surface area contributed by atoms with Crippen molar-refractivity contribution in [3.8, 4) is 0 Å². The molecule has 6 heteroatoms. The molecule has 0 unspecified atom stereocenters. The van der Waals surface area contributed by atoms with Gasteiger partial charge in [-0.15, -0.1) is 0 Å². The summed E-state index contributed by atoms with van der Waals surface area (Å²) in [5.41, 5.74) is 0. The van der Waals surface area contributed by atoms with Crippen LogP contribution in [0.3, 0.4) is 0 Å². The summed E-state index contributed by atoms with van der Waals surface area (Å²) in [6.45, 7) is 4.53. The first-order valence-electron chi connectivity index (χ1n) is 6.29. The van der Waals surface area contributed by atoms with Gasteiger partial charge in [0.1, 0.15) is 0 Å². The van der Waals surface area contributed by atoms with Gasteiger partial charge in [-0.1, -0.05) is 5.16 Å². The Morgan fingerprint density at radius 3 is 2.89 bits per heavy atom. The summed E-state index contributed by atoms with van der Waals surface area (Å²) < 4.78 is 10.4. The van der Waals surface area contributed by atoms with Gasteiger partial charge in [-0.05, 0) is 20.5 Å². The second-order valence-corrected chi connectivity index (χ2v) is 5.11. The van der Waals surface area contributed by atoms with Gasteiger partial charge in [-0.2, -0.15) is 4.98 Å². The lowest BCUT2D eigenvalue weighted by Gasteiger charge is -2.24. The van der Waals surface area contributed by atoms with E-state index >= 15 is 0 Å². The highest BCUT2D eigenvalue weighted by Crippen LogP contribution is 2.18. The molecule has 1 aromatic rings. The molecule has 0 radical (unpaired) electrons. The number of aromatic nitrogens is 2. The minimum atomic E-state index is 0.362. The molecule has 1 fully saturated rings. The quantitative estimate of drug-likeness (QED) is 0.764. The van der Waals surface area contributed by atoms with Gasteiger partial charge in [-0.3, -0.25) is 9.80 Å². The van der Waals surface area contributed by atoms with E-state index < -0.39 is 0 Å². The Labute approximate surface area is 108 Å². The van der Waals surface area contributed by atoms with E-state index in [9.17, 15) is 0 Å². The third kappa shape index (κ3) is 3.28. The number of hydrogen-bond acceptors (Lipinski definition) is 6. The predicted molar refractivity (Wildman–Crippen MR) is 67.2 cm³/mol. The molecular weight excluding hydrogens is 232 g/mol. The second-order valence-electron chi connectivity index (χ2n) is 5.11. The average molecular weight is 254 g/mol. The van der Waals surface area contributed by atoms with Crippen LogP contribution in [0.25, 0.3) is 0 Å². The molecule has 0 bridgehead atoms. The van der Waals surface area contributed by atoms with Gasteiger partial charge in [-0.25, -0.2) is 0 Å². The zero-order valence-corrected chi connectivity index (χ0v) is 11.6. The van der Waals surface area contributed by atoms with Gasteiger partial charge in [0.05, 0.1) is 12.6 Å². The van der Waals surface area contributed by atoms with Crippen molar-refractivity contribution in [2.45, 2.75) is 32.0 Å². The normalized spacial score (nSPS) is 25.2. The maximum atomic E-state index is 5.42. The summed E-state index contributed by atoms with van der Waals surface area (Å²) in [4.78, 5) is 8.80. The molecule has 0 spiro atoms. The van der Waals surface area contributed by atoms with E-state index in [4.69, 9.17) is 9.26 Å². The number of rotatable bonds is 5. The van der Waals surface area contributed by atoms with Crippen LogP contribution in [0.5, 0.6) is 0 Å². The lowest BCUT2D eigenvalue weighted by atomic mass is 10.2. The van der Waals surface area contributed by atoms with Gasteiger partial charge in [0.15, 0.2) is 5.82 Å². The molecule has 2 atom stereocenters. The van der Waals surface area contributed by atoms with Crippen molar-refractivity contribution in [3.63, 3.8) is 0 Å². The van der Waals surface area contributed by atoms with Crippen molar-refractivity contribution in [2.24, 2.45) is 0 Å². The molecule has 1 saturated heterocycles. The lowest BCUT2D eigenvalue weighted by Crippen LogP contribution is -2.36. The second kappa shape index (κ2) is 5.77. The van der Waals surface area contributed by atoms with E-state index in [1.807, 2.05) is 6.92 Å². The van der Waals surface area contributed by atoms with Crippen molar-refractivity contribution < 1.29 is 9.26 Å². The van der Waals surface area contributed by atoms with Crippen molar-refractivity contribution in [3.05, 3.63) is 11.7 Å². The highest BCUT2D eigenvalue weighted by Gasteiger charge is 2.30. The van der Waals surface area contributed by atoms with Crippen LogP contribution in [0.15, 0.2) is 4.52 Å². The molecule has 2 heterocycles. The monoisotopic (exact) mass is 254 g/mol. The molecular formula is C12H22N4O2. The fourth-order valence-electron chi connectivity index (χ4n) is 2.48. The van der Waals surface area contributed by atoms with Crippen molar-refractivity contribution in [1.82, 2.24) is 19.9 Å². The SMILES string of the molecule is CO[C@H]1C[C@@H](CN(C)Cc2noc(C)n2)N(C)C1. The van der Waals surface area contributed by atoms with E-state index in [2.05, 4.69) is 34.0 Å². The molecule has 1 aliphatic heterocycles. The minimum absolute atomic E-state index is 0.362. The number of ether oxygens (including phenoxy) is 1. The fraction of sp³-hybridized carbons (Fsp3) is 0.833. The summed E-state index contributed by atoms with van der Waals surface area (Å²) in [6, 6.07) is 0.535. The summed E-state index contributed by atoms with van der Waals surface area (Å²) in [6.07, 6.45) is 1.45. The van der Waals surface area contributed by atoms with E-state index in [0.29, 0.717) is 18.0 Å². The van der Waals surface area contributed by atoms with Crippen LogP contribution < -0.4 is 0 Å². The largest absolute Gasteiger partial charge is 0.380 e. The first-order valence-corrected chi connectivity index (χ1v) is 6.29. The Balaban J connectivity index is 1.82. The fourth-order valence-corrected chi connectivity index (χ4v) is 2.48. The zero-order valence-electron chi connectivity index (χ0n) is 11.6. The maximum absolute atomic E-state index is 5.42. The molecule has 0 N–H and O–H groups in total. The van der Waals surface area contributed by atoms with Gasteiger partial charge >= 0.3 is 0 Å². The number of hydrogen-bond donors (Lipinski definition) is 0. The van der Waals surface area contributed by atoms with Gasteiger partial charge < -0.3 is 9.26 Å². The summed E-state index contributed by atoms with van der Waals surface area (Å²) in [5, 5.41) is 3.91. The van der Waals surface area contributed by atoms with E-state index in [1.54, 1.807) is 7.11 Å². The van der Waals surface area contributed by atoms with Crippen LogP contribution in [0.1, 0.15) is 18.1 Å². The molecule has 2 rings (SSSR count). The van der Waals surface area contributed by atoms with Crippen LogP contribution in [0, 0.1) is 6.92 Å². The molecule has 102 valence electrons. The topological polar surface area (TPSA) is 54.6 Å². The van der Waals surface area contributed by atoms with Gasteiger partial charge in [0, 0.05) is 33.2 Å². The van der Waals surface area contributed by atoms with Crippen molar-refractivity contribution in [2.75, 3.05) is 34.3 Å². The predicted octanol–water partition coefficient (Wildman–Crippen LogP) is 0.529. The van der Waals surface area contributed by atoms with E-state index in [0.717, 1.165) is 31.9 Å². The van der Waals surface area contributed by atoms with Gasteiger partial charge in [0.25, 0.3) is 0 Å². The van der Waals surface area contributed by atoms with Crippen LogP contribution >= 0.6 is 0 Å². The third-order valence-corrected chi connectivity index (χ3v) is 3.49. The molecule has 0 aromatic carbocycles. The first kappa shape index (κ1) is 13.5. The van der Waals surface area contributed by atoms with Crippen molar-refractivity contribution >= 4 is 0 Å². The molecule has 1 aromatic heterocycles. The highest BCUT2D eigenvalue weighted by atomic mass is 16.5. The Bertz CT molecular complexity index is 382. The summed E-state index contributed by atoms with van der Waals surface area (Å²) in [7, 11) is 6.02. The third-order valence-electron chi connectivity index (χ3n) is 3.49. The van der Waals surface area contributed by atoms with Crippen LogP contribution in [0.4, 0.5) is 0 Å². The Morgan fingerprint density at radius 2 is 2.33 bits per heavy atom. The minimum Gasteiger partial charge on any atom is -0.380 e. The summed E-state index contributed by atoms with van der Waals surface area (Å²) >= 11 is 0. The van der Waals surface area contributed by atoms with Crippen LogP contribution in [-0.2, 0) is 11.3 Å². The Hall–Kier alpha value is -0.980. The number of likely N-dealkylation sites (tertiary alicyclic amines) is 1. The van der Waals surface area contributed by atoms with Crippen LogP contribution in [-0.4, -0.2) is 66.4 Å². The molecule has 0 aliphatic carbocycles. The smallest absolute Gasteiger partial charge is 0.223 e. The molecule has 0 saturated carbocycles.